The summed E-state index contributed by atoms with van der Waals surface area (Å²) in [6.45, 7) is 0.907. The molecule has 0 aliphatic heterocycles. The zero-order valence-corrected chi connectivity index (χ0v) is 12.3. The molecule has 3 heteroatoms. The smallest absolute Gasteiger partial charge is 0.144 e. The lowest BCUT2D eigenvalue weighted by Gasteiger charge is -2.21. The number of pyridine rings is 1. The average Bonchev–Trinajstić information content (AvgIpc) is 2.55. The standard InChI is InChI=1S/C18H21N3/c19-13-16-12-15-8-4-5-9-17(15)21-18(16)20-11-10-14-6-2-1-3-7-14/h4-5,8-9,12,14H,1-3,6-7,10-11H2,(H,20,21). The predicted octanol–water partition coefficient (Wildman–Crippen LogP) is 4.49. The van der Waals surface area contributed by atoms with Gasteiger partial charge in [-0.3, -0.25) is 0 Å². The highest BCUT2D eigenvalue weighted by Gasteiger charge is 2.13. The summed E-state index contributed by atoms with van der Waals surface area (Å²) in [4.78, 5) is 4.60. The van der Waals surface area contributed by atoms with Crippen LogP contribution in [0.3, 0.4) is 0 Å². The van der Waals surface area contributed by atoms with Crippen molar-refractivity contribution in [3.8, 4) is 6.07 Å². The summed E-state index contributed by atoms with van der Waals surface area (Å²) in [6, 6.07) is 12.1. The largest absolute Gasteiger partial charge is 0.369 e. The Bertz CT molecular complexity index is 651. The van der Waals surface area contributed by atoms with E-state index in [1.54, 1.807) is 0 Å². The molecule has 1 aromatic carbocycles. The second-order valence-electron chi connectivity index (χ2n) is 5.91. The van der Waals surface area contributed by atoms with Gasteiger partial charge in [0.25, 0.3) is 0 Å². The van der Waals surface area contributed by atoms with Gasteiger partial charge in [-0.2, -0.15) is 5.26 Å². The molecule has 1 aliphatic carbocycles. The number of hydrogen-bond acceptors (Lipinski definition) is 3. The molecule has 1 aliphatic rings. The summed E-state index contributed by atoms with van der Waals surface area (Å²) in [5.74, 6) is 1.57. The third kappa shape index (κ3) is 3.33. The highest BCUT2D eigenvalue weighted by molar-refractivity contribution is 5.82. The number of anilines is 1. The van der Waals surface area contributed by atoms with E-state index in [-0.39, 0.29) is 0 Å². The Morgan fingerprint density at radius 3 is 2.81 bits per heavy atom. The Hall–Kier alpha value is -2.08. The molecule has 0 unspecified atom stereocenters. The molecule has 0 radical (unpaired) electrons. The number of nitrogens with one attached hydrogen (secondary N) is 1. The molecule has 0 atom stereocenters. The summed E-state index contributed by atoms with van der Waals surface area (Å²) < 4.78 is 0. The van der Waals surface area contributed by atoms with E-state index in [0.717, 1.165) is 29.2 Å². The van der Waals surface area contributed by atoms with Crippen LogP contribution >= 0.6 is 0 Å². The number of rotatable bonds is 4. The third-order valence-corrected chi connectivity index (χ3v) is 4.41. The minimum atomic E-state index is 0.636. The molecule has 0 saturated heterocycles. The Labute approximate surface area is 126 Å². The van der Waals surface area contributed by atoms with Gasteiger partial charge in [-0.15, -0.1) is 0 Å². The first kappa shape index (κ1) is 13.9. The Morgan fingerprint density at radius 2 is 2.00 bits per heavy atom. The lowest BCUT2D eigenvalue weighted by molar-refractivity contribution is 0.345. The molecular weight excluding hydrogens is 258 g/mol. The molecule has 1 fully saturated rings. The molecule has 108 valence electrons. The molecular formula is C18H21N3. The topological polar surface area (TPSA) is 48.7 Å². The molecule has 3 nitrogen and oxygen atoms in total. The maximum Gasteiger partial charge on any atom is 0.144 e. The van der Waals surface area contributed by atoms with E-state index in [4.69, 9.17) is 0 Å². The first-order chi connectivity index (χ1) is 10.4. The van der Waals surface area contributed by atoms with Crippen molar-refractivity contribution in [2.45, 2.75) is 38.5 Å². The summed E-state index contributed by atoms with van der Waals surface area (Å²) in [5, 5.41) is 13.7. The van der Waals surface area contributed by atoms with Crippen LogP contribution in [0.1, 0.15) is 44.1 Å². The number of nitriles is 1. The first-order valence-corrected chi connectivity index (χ1v) is 7.90. The SMILES string of the molecule is N#Cc1cc2ccccc2nc1NCCC1CCCCC1. The molecule has 1 N–H and O–H groups in total. The van der Waals surface area contributed by atoms with Crippen molar-refractivity contribution in [3.05, 3.63) is 35.9 Å². The van der Waals surface area contributed by atoms with Crippen molar-refractivity contribution in [1.82, 2.24) is 4.98 Å². The van der Waals surface area contributed by atoms with Crippen LogP contribution < -0.4 is 5.32 Å². The van der Waals surface area contributed by atoms with Crippen LogP contribution in [-0.4, -0.2) is 11.5 Å². The zero-order chi connectivity index (χ0) is 14.5. The van der Waals surface area contributed by atoms with Crippen molar-refractivity contribution < 1.29 is 0 Å². The lowest BCUT2D eigenvalue weighted by Crippen LogP contribution is -2.13. The van der Waals surface area contributed by atoms with Gasteiger partial charge in [-0.1, -0.05) is 50.3 Å². The first-order valence-electron chi connectivity index (χ1n) is 7.90. The second-order valence-corrected chi connectivity index (χ2v) is 5.91. The summed E-state index contributed by atoms with van der Waals surface area (Å²) in [6.07, 6.45) is 8.05. The van der Waals surface area contributed by atoms with E-state index in [0.29, 0.717) is 5.56 Å². The molecule has 1 heterocycles. The van der Waals surface area contributed by atoms with E-state index >= 15 is 0 Å². The normalized spacial score (nSPS) is 15.8. The van der Waals surface area contributed by atoms with Crippen LogP contribution in [-0.2, 0) is 0 Å². The summed E-state index contributed by atoms with van der Waals surface area (Å²) in [5.41, 5.74) is 1.58. The number of para-hydroxylation sites is 1. The molecule has 0 amide bonds. The van der Waals surface area contributed by atoms with Gasteiger partial charge < -0.3 is 5.32 Å². The zero-order valence-electron chi connectivity index (χ0n) is 12.3. The summed E-state index contributed by atoms with van der Waals surface area (Å²) in [7, 11) is 0. The molecule has 21 heavy (non-hydrogen) atoms. The molecule has 1 aromatic heterocycles. The average molecular weight is 279 g/mol. The van der Waals surface area contributed by atoms with Gasteiger partial charge >= 0.3 is 0 Å². The van der Waals surface area contributed by atoms with Crippen LogP contribution in [0.2, 0.25) is 0 Å². The van der Waals surface area contributed by atoms with Crippen molar-refractivity contribution in [2.75, 3.05) is 11.9 Å². The van der Waals surface area contributed by atoms with Crippen LogP contribution in [0.15, 0.2) is 30.3 Å². The number of benzene rings is 1. The second kappa shape index (κ2) is 6.58. The van der Waals surface area contributed by atoms with Crippen LogP contribution in [0.4, 0.5) is 5.82 Å². The Balaban J connectivity index is 1.69. The van der Waals surface area contributed by atoms with Gasteiger partial charge in [0, 0.05) is 11.9 Å². The van der Waals surface area contributed by atoms with Crippen LogP contribution in [0.25, 0.3) is 10.9 Å². The van der Waals surface area contributed by atoms with Gasteiger partial charge in [0.1, 0.15) is 11.9 Å². The van der Waals surface area contributed by atoms with E-state index in [2.05, 4.69) is 16.4 Å². The fourth-order valence-electron chi connectivity index (χ4n) is 3.21. The molecule has 0 spiro atoms. The highest BCUT2D eigenvalue weighted by Crippen LogP contribution is 2.26. The minimum Gasteiger partial charge on any atom is -0.369 e. The van der Waals surface area contributed by atoms with Gasteiger partial charge in [-0.25, -0.2) is 4.98 Å². The molecule has 0 bridgehead atoms. The fraction of sp³-hybridized carbons (Fsp3) is 0.444. The Kier molecular flexibility index (Phi) is 4.35. The molecule has 2 aromatic rings. The summed E-state index contributed by atoms with van der Waals surface area (Å²) >= 11 is 0. The Morgan fingerprint density at radius 1 is 1.19 bits per heavy atom. The maximum absolute atomic E-state index is 9.30. The van der Waals surface area contributed by atoms with Gasteiger partial charge in [0.15, 0.2) is 0 Å². The minimum absolute atomic E-state index is 0.636. The van der Waals surface area contributed by atoms with E-state index in [1.165, 1.54) is 38.5 Å². The fourth-order valence-corrected chi connectivity index (χ4v) is 3.21. The van der Waals surface area contributed by atoms with Crippen molar-refractivity contribution in [1.29, 1.82) is 5.26 Å². The third-order valence-electron chi connectivity index (χ3n) is 4.41. The van der Waals surface area contributed by atoms with Crippen molar-refractivity contribution in [2.24, 2.45) is 5.92 Å². The quantitative estimate of drug-likeness (QED) is 0.897. The molecule has 3 rings (SSSR count). The number of fused-ring (bicyclic) bond motifs is 1. The predicted molar refractivity (Wildman–Crippen MR) is 86.1 cm³/mol. The van der Waals surface area contributed by atoms with Crippen LogP contribution in [0, 0.1) is 17.2 Å². The van der Waals surface area contributed by atoms with Gasteiger partial charge in [-0.05, 0) is 24.5 Å². The molecule has 1 saturated carbocycles. The highest BCUT2D eigenvalue weighted by atomic mass is 15.0. The van der Waals surface area contributed by atoms with Crippen molar-refractivity contribution >= 4 is 16.7 Å². The van der Waals surface area contributed by atoms with Crippen molar-refractivity contribution in [3.63, 3.8) is 0 Å². The van der Waals surface area contributed by atoms with E-state index < -0.39 is 0 Å². The number of aromatic nitrogens is 1. The monoisotopic (exact) mass is 279 g/mol. The van der Waals surface area contributed by atoms with E-state index in [1.807, 2.05) is 30.3 Å². The van der Waals surface area contributed by atoms with Gasteiger partial charge in [0.05, 0.1) is 11.1 Å². The van der Waals surface area contributed by atoms with Gasteiger partial charge in [0.2, 0.25) is 0 Å². The maximum atomic E-state index is 9.30. The number of nitrogens with zero attached hydrogens (tertiary/aromatic N) is 2. The lowest BCUT2D eigenvalue weighted by atomic mass is 9.87. The number of hydrogen-bond donors (Lipinski definition) is 1. The van der Waals surface area contributed by atoms with E-state index in [9.17, 15) is 5.26 Å². The van der Waals surface area contributed by atoms with Crippen LogP contribution in [0.5, 0.6) is 0 Å².